The molecule has 5 nitrogen and oxygen atoms in total. The zero-order valence-corrected chi connectivity index (χ0v) is 13.6. The van der Waals surface area contributed by atoms with Crippen molar-refractivity contribution >= 4 is 5.97 Å². The first-order valence-corrected chi connectivity index (χ1v) is 8.26. The third kappa shape index (κ3) is 4.18. The summed E-state index contributed by atoms with van der Waals surface area (Å²) in [5, 5.41) is 13.0. The number of rotatable bonds is 6. The number of carbonyl (C=O) groups is 1. The van der Waals surface area contributed by atoms with E-state index in [2.05, 4.69) is 17.3 Å². The van der Waals surface area contributed by atoms with E-state index >= 15 is 0 Å². The molecule has 1 aliphatic carbocycles. The first kappa shape index (κ1) is 16.7. The van der Waals surface area contributed by atoms with Crippen molar-refractivity contribution in [3.63, 3.8) is 0 Å². The molecule has 0 spiro atoms. The van der Waals surface area contributed by atoms with Crippen LogP contribution < -0.4 is 5.32 Å². The molecule has 21 heavy (non-hydrogen) atoms. The van der Waals surface area contributed by atoms with Gasteiger partial charge < -0.3 is 14.7 Å². The SMILES string of the molecule is CC(C)NC1(C(=O)O)CCCC(N(C)CC2CCCO2)C1. The lowest BCUT2D eigenvalue weighted by Gasteiger charge is -2.43. The molecule has 1 saturated heterocycles. The molecule has 1 heterocycles. The van der Waals surface area contributed by atoms with Crippen LogP contribution >= 0.6 is 0 Å². The number of carboxylic acid groups (broad SMARTS) is 1. The maximum absolute atomic E-state index is 11.8. The molecule has 0 aromatic carbocycles. The summed E-state index contributed by atoms with van der Waals surface area (Å²) in [6, 6.07) is 0.508. The van der Waals surface area contributed by atoms with Gasteiger partial charge in [0.1, 0.15) is 5.54 Å². The summed E-state index contributed by atoms with van der Waals surface area (Å²) >= 11 is 0. The standard InChI is InChI=1S/C16H30N2O3/c1-12(2)17-16(15(19)20)8-4-6-13(10-16)18(3)11-14-7-5-9-21-14/h12-14,17H,4-11H2,1-3H3,(H,19,20). The summed E-state index contributed by atoms with van der Waals surface area (Å²) in [4.78, 5) is 14.1. The molecule has 1 saturated carbocycles. The monoisotopic (exact) mass is 298 g/mol. The second-order valence-electron chi connectivity index (χ2n) is 7.01. The minimum Gasteiger partial charge on any atom is -0.480 e. The highest BCUT2D eigenvalue weighted by Crippen LogP contribution is 2.32. The summed E-state index contributed by atoms with van der Waals surface area (Å²) in [6.07, 6.45) is 6.07. The molecular formula is C16H30N2O3. The number of aliphatic carboxylic acids is 1. The molecule has 2 N–H and O–H groups in total. The van der Waals surface area contributed by atoms with Crippen molar-refractivity contribution in [2.75, 3.05) is 20.2 Å². The van der Waals surface area contributed by atoms with Crippen LogP contribution in [0.3, 0.4) is 0 Å². The molecule has 122 valence electrons. The van der Waals surface area contributed by atoms with Gasteiger partial charge in [-0.3, -0.25) is 10.1 Å². The second kappa shape index (κ2) is 7.07. The molecule has 0 amide bonds. The van der Waals surface area contributed by atoms with Gasteiger partial charge in [0, 0.05) is 25.2 Å². The van der Waals surface area contributed by atoms with Crippen LogP contribution in [0.4, 0.5) is 0 Å². The van der Waals surface area contributed by atoms with Crippen LogP contribution in [0.15, 0.2) is 0 Å². The lowest BCUT2D eigenvalue weighted by Crippen LogP contribution is -2.60. The molecule has 2 fully saturated rings. The molecule has 1 aliphatic heterocycles. The van der Waals surface area contributed by atoms with Crippen molar-refractivity contribution in [1.82, 2.24) is 10.2 Å². The molecular weight excluding hydrogens is 268 g/mol. The van der Waals surface area contributed by atoms with Gasteiger partial charge in [0.15, 0.2) is 0 Å². The summed E-state index contributed by atoms with van der Waals surface area (Å²) in [5.74, 6) is -0.702. The van der Waals surface area contributed by atoms with E-state index in [1.165, 1.54) is 0 Å². The van der Waals surface area contributed by atoms with Crippen LogP contribution in [0.2, 0.25) is 0 Å². The fourth-order valence-corrected chi connectivity index (χ4v) is 3.82. The van der Waals surface area contributed by atoms with Gasteiger partial charge in [-0.25, -0.2) is 0 Å². The fourth-order valence-electron chi connectivity index (χ4n) is 3.82. The smallest absolute Gasteiger partial charge is 0.323 e. The Kier molecular flexibility index (Phi) is 5.63. The van der Waals surface area contributed by atoms with Crippen LogP contribution in [0.25, 0.3) is 0 Å². The zero-order valence-electron chi connectivity index (χ0n) is 13.6. The van der Waals surface area contributed by atoms with Crippen molar-refractivity contribution in [1.29, 1.82) is 0 Å². The third-order valence-electron chi connectivity index (χ3n) is 4.84. The molecule has 2 rings (SSSR count). The highest BCUT2D eigenvalue weighted by Gasteiger charge is 2.44. The van der Waals surface area contributed by atoms with Gasteiger partial charge in [0.2, 0.25) is 0 Å². The van der Waals surface area contributed by atoms with Crippen LogP contribution in [-0.2, 0) is 9.53 Å². The van der Waals surface area contributed by atoms with Crippen molar-refractivity contribution in [3.05, 3.63) is 0 Å². The van der Waals surface area contributed by atoms with Gasteiger partial charge in [0.05, 0.1) is 6.10 Å². The van der Waals surface area contributed by atoms with Crippen LogP contribution in [-0.4, -0.2) is 59.9 Å². The molecule has 0 bridgehead atoms. The van der Waals surface area contributed by atoms with Crippen LogP contribution in [0.1, 0.15) is 52.4 Å². The minimum absolute atomic E-state index is 0.184. The van der Waals surface area contributed by atoms with Crippen LogP contribution in [0.5, 0.6) is 0 Å². The topological polar surface area (TPSA) is 61.8 Å². The van der Waals surface area contributed by atoms with Crippen molar-refractivity contribution in [2.45, 2.75) is 76.1 Å². The summed E-state index contributed by atoms with van der Waals surface area (Å²) < 4.78 is 5.70. The quantitative estimate of drug-likeness (QED) is 0.784. The highest BCUT2D eigenvalue weighted by molar-refractivity contribution is 5.79. The molecule has 0 radical (unpaired) electrons. The average molecular weight is 298 g/mol. The number of nitrogens with zero attached hydrogens (tertiary/aromatic N) is 1. The summed E-state index contributed by atoms with van der Waals surface area (Å²) in [7, 11) is 2.11. The first-order chi connectivity index (χ1) is 9.93. The number of hydrogen-bond acceptors (Lipinski definition) is 4. The predicted molar refractivity (Wildman–Crippen MR) is 82.5 cm³/mol. The first-order valence-electron chi connectivity index (χ1n) is 8.26. The fraction of sp³-hybridized carbons (Fsp3) is 0.938. The molecule has 2 aliphatic rings. The second-order valence-corrected chi connectivity index (χ2v) is 7.01. The third-order valence-corrected chi connectivity index (χ3v) is 4.84. The van der Waals surface area contributed by atoms with E-state index in [-0.39, 0.29) is 6.04 Å². The molecule has 0 aromatic rings. The van der Waals surface area contributed by atoms with Gasteiger partial charge in [-0.2, -0.15) is 0 Å². The predicted octanol–water partition coefficient (Wildman–Crippen LogP) is 1.86. The number of likely N-dealkylation sites (N-methyl/N-ethyl adjacent to an activating group) is 1. The number of nitrogens with one attached hydrogen (secondary N) is 1. The van der Waals surface area contributed by atoms with E-state index < -0.39 is 11.5 Å². The highest BCUT2D eigenvalue weighted by atomic mass is 16.5. The maximum Gasteiger partial charge on any atom is 0.323 e. The van der Waals surface area contributed by atoms with Crippen LogP contribution in [0, 0.1) is 0 Å². The van der Waals surface area contributed by atoms with Crippen molar-refractivity contribution in [3.8, 4) is 0 Å². The Hall–Kier alpha value is -0.650. The average Bonchev–Trinajstić information content (AvgIpc) is 2.91. The van der Waals surface area contributed by atoms with Gasteiger partial charge >= 0.3 is 5.97 Å². The maximum atomic E-state index is 11.8. The lowest BCUT2D eigenvalue weighted by atomic mass is 9.78. The zero-order chi connectivity index (χ0) is 15.5. The number of carboxylic acids is 1. The number of ether oxygens (including phenoxy) is 1. The lowest BCUT2D eigenvalue weighted by molar-refractivity contribution is -0.148. The molecule has 0 aromatic heterocycles. The Bertz CT molecular complexity index is 355. The molecule has 5 heteroatoms. The van der Waals surface area contributed by atoms with E-state index in [9.17, 15) is 9.90 Å². The van der Waals surface area contributed by atoms with Gasteiger partial charge in [-0.05, 0) is 59.4 Å². The molecule has 3 atom stereocenters. The van der Waals surface area contributed by atoms with E-state index in [0.29, 0.717) is 18.6 Å². The summed E-state index contributed by atoms with van der Waals surface area (Å²) in [5.41, 5.74) is -0.762. The largest absolute Gasteiger partial charge is 0.480 e. The summed E-state index contributed by atoms with van der Waals surface area (Å²) in [6.45, 7) is 5.83. The van der Waals surface area contributed by atoms with Gasteiger partial charge in [-0.15, -0.1) is 0 Å². The Balaban J connectivity index is 1.98. The van der Waals surface area contributed by atoms with Crippen molar-refractivity contribution in [2.24, 2.45) is 0 Å². The van der Waals surface area contributed by atoms with E-state index in [0.717, 1.165) is 45.3 Å². The Morgan fingerprint density at radius 2 is 2.19 bits per heavy atom. The Morgan fingerprint density at radius 3 is 2.76 bits per heavy atom. The van der Waals surface area contributed by atoms with E-state index in [4.69, 9.17) is 4.74 Å². The van der Waals surface area contributed by atoms with Gasteiger partial charge in [0.25, 0.3) is 0 Å². The number of hydrogen-bond donors (Lipinski definition) is 2. The van der Waals surface area contributed by atoms with E-state index in [1.54, 1.807) is 0 Å². The minimum atomic E-state index is -0.762. The van der Waals surface area contributed by atoms with Gasteiger partial charge in [-0.1, -0.05) is 0 Å². The normalized spacial score (nSPS) is 33.8. The van der Waals surface area contributed by atoms with Crippen molar-refractivity contribution < 1.29 is 14.6 Å². The Morgan fingerprint density at radius 1 is 1.43 bits per heavy atom. The van der Waals surface area contributed by atoms with E-state index in [1.807, 2.05) is 13.8 Å². The Labute approximate surface area is 128 Å². The molecule has 3 unspecified atom stereocenters.